The van der Waals surface area contributed by atoms with Crippen LogP contribution in [-0.4, -0.2) is 52.7 Å². The summed E-state index contributed by atoms with van der Waals surface area (Å²) in [5, 5.41) is 3.91. The summed E-state index contributed by atoms with van der Waals surface area (Å²) in [7, 11) is 0.0614. The molecule has 0 bridgehead atoms. The molecule has 10 heteroatoms. The van der Waals surface area contributed by atoms with E-state index in [1.54, 1.807) is 30.3 Å². The smallest absolute Gasteiger partial charge is 0.255 e. The number of hydrogen-bond donors (Lipinski definition) is 1. The van der Waals surface area contributed by atoms with E-state index in [1.807, 2.05) is 30.3 Å². The van der Waals surface area contributed by atoms with Gasteiger partial charge in [-0.1, -0.05) is 30.3 Å². The van der Waals surface area contributed by atoms with Gasteiger partial charge in [0.1, 0.15) is 27.9 Å². The minimum absolute atomic E-state index is 0.108. The molecule has 34 heavy (non-hydrogen) atoms. The first-order chi connectivity index (χ1) is 16.3. The highest BCUT2D eigenvalue weighted by molar-refractivity contribution is 7.89. The second-order valence-electron chi connectivity index (χ2n) is 7.06. The summed E-state index contributed by atoms with van der Waals surface area (Å²) in [6.45, 7) is -0.447. The Bertz CT molecular complexity index is 1260. The Morgan fingerprint density at radius 3 is 2.38 bits per heavy atom. The van der Waals surface area contributed by atoms with E-state index in [9.17, 15) is 13.2 Å². The normalized spacial score (nSPS) is 11.4. The van der Waals surface area contributed by atoms with Crippen LogP contribution in [0, 0.1) is 0 Å². The molecule has 0 unspecified atom stereocenters. The van der Waals surface area contributed by atoms with Gasteiger partial charge < -0.3 is 14.2 Å². The van der Waals surface area contributed by atoms with Crippen LogP contribution in [0.15, 0.2) is 82.8 Å². The molecule has 1 N–H and O–H groups in total. The van der Waals surface area contributed by atoms with Crippen molar-refractivity contribution in [2.45, 2.75) is 4.90 Å². The molecular formula is C24H25N3O6S. The molecule has 0 spiro atoms. The van der Waals surface area contributed by atoms with Crippen molar-refractivity contribution in [3.63, 3.8) is 0 Å². The predicted octanol–water partition coefficient (Wildman–Crippen LogP) is 3.27. The fraction of sp³-hybridized carbons (Fsp3) is 0.167. The lowest BCUT2D eigenvalue weighted by Crippen LogP contribution is -2.36. The molecule has 0 atom stereocenters. The van der Waals surface area contributed by atoms with Gasteiger partial charge >= 0.3 is 0 Å². The van der Waals surface area contributed by atoms with Crippen molar-refractivity contribution >= 4 is 22.1 Å². The quantitative estimate of drug-likeness (QED) is 0.350. The minimum Gasteiger partial charge on any atom is -0.497 e. The van der Waals surface area contributed by atoms with Gasteiger partial charge in [-0.2, -0.15) is 9.41 Å². The number of carbonyl (C=O) groups excluding carboxylic acids is 1. The molecule has 3 aromatic rings. The van der Waals surface area contributed by atoms with Crippen LogP contribution in [0.1, 0.15) is 5.56 Å². The van der Waals surface area contributed by atoms with Crippen molar-refractivity contribution in [2.24, 2.45) is 5.10 Å². The Morgan fingerprint density at radius 1 is 0.941 bits per heavy atom. The molecular weight excluding hydrogens is 458 g/mol. The second kappa shape index (κ2) is 11.3. The standard InChI is InChI=1S/C24H25N3O6S/c1-27(34(29,30)23-15-20(31-2)12-13-22(23)32-3)17-24(28)26-25-16-18-8-7-11-21(14-18)33-19-9-5-4-6-10-19/h4-16H,17H2,1-3H3,(H,26,28). The number of nitrogens with zero attached hydrogens (tertiary/aromatic N) is 2. The van der Waals surface area contributed by atoms with Gasteiger partial charge in [-0.15, -0.1) is 0 Å². The zero-order valence-electron chi connectivity index (χ0n) is 19.0. The summed E-state index contributed by atoms with van der Waals surface area (Å²) in [6.07, 6.45) is 1.44. The Kier molecular flexibility index (Phi) is 8.23. The molecule has 0 radical (unpaired) electrons. The van der Waals surface area contributed by atoms with Gasteiger partial charge in [0.15, 0.2) is 0 Å². The van der Waals surface area contributed by atoms with Gasteiger partial charge in [0.25, 0.3) is 5.91 Å². The molecule has 0 saturated carbocycles. The second-order valence-corrected chi connectivity index (χ2v) is 9.07. The number of nitrogens with one attached hydrogen (secondary N) is 1. The Hall–Kier alpha value is -3.89. The van der Waals surface area contributed by atoms with E-state index in [-0.39, 0.29) is 10.6 Å². The predicted molar refractivity (Wildman–Crippen MR) is 128 cm³/mol. The number of methoxy groups -OCH3 is 2. The maximum Gasteiger partial charge on any atom is 0.255 e. The van der Waals surface area contributed by atoms with Crippen LogP contribution in [0.3, 0.4) is 0 Å². The summed E-state index contributed by atoms with van der Waals surface area (Å²) in [4.78, 5) is 12.2. The van der Waals surface area contributed by atoms with Gasteiger partial charge in [0.05, 0.1) is 27.0 Å². The van der Waals surface area contributed by atoms with E-state index in [2.05, 4.69) is 10.5 Å². The van der Waals surface area contributed by atoms with Crippen LogP contribution in [0.2, 0.25) is 0 Å². The summed E-state index contributed by atoms with van der Waals surface area (Å²) >= 11 is 0. The number of ether oxygens (including phenoxy) is 3. The maximum atomic E-state index is 13.0. The molecule has 0 heterocycles. The van der Waals surface area contributed by atoms with Gasteiger partial charge in [-0.05, 0) is 42.0 Å². The Balaban J connectivity index is 1.62. The van der Waals surface area contributed by atoms with E-state index in [0.29, 0.717) is 22.8 Å². The number of hydrazone groups is 1. The molecule has 0 aromatic heterocycles. The van der Waals surface area contributed by atoms with E-state index in [4.69, 9.17) is 14.2 Å². The molecule has 9 nitrogen and oxygen atoms in total. The molecule has 0 aliphatic heterocycles. The van der Waals surface area contributed by atoms with Gasteiger partial charge in [-0.25, -0.2) is 13.8 Å². The van der Waals surface area contributed by atoms with Crippen molar-refractivity contribution in [2.75, 3.05) is 27.8 Å². The molecule has 1 amide bonds. The molecule has 3 rings (SSSR count). The lowest BCUT2D eigenvalue weighted by atomic mass is 10.2. The molecule has 0 saturated heterocycles. The van der Waals surface area contributed by atoms with Gasteiger partial charge in [0, 0.05) is 13.1 Å². The molecule has 0 aliphatic carbocycles. The van der Waals surface area contributed by atoms with Crippen LogP contribution in [-0.2, 0) is 14.8 Å². The topological polar surface area (TPSA) is 107 Å². The van der Waals surface area contributed by atoms with Crippen molar-refractivity contribution < 1.29 is 27.4 Å². The van der Waals surface area contributed by atoms with E-state index >= 15 is 0 Å². The van der Waals surface area contributed by atoms with Crippen molar-refractivity contribution in [3.05, 3.63) is 78.4 Å². The first-order valence-corrected chi connectivity index (χ1v) is 11.6. The zero-order chi connectivity index (χ0) is 24.6. The summed E-state index contributed by atoms with van der Waals surface area (Å²) in [6, 6.07) is 20.9. The highest BCUT2D eigenvalue weighted by atomic mass is 32.2. The van der Waals surface area contributed by atoms with E-state index < -0.39 is 22.5 Å². The number of benzene rings is 3. The minimum atomic E-state index is -4.02. The molecule has 178 valence electrons. The number of sulfonamides is 1. The largest absolute Gasteiger partial charge is 0.497 e. The third-order valence-electron chi connectivity index (χ3n) is 4.67. The van der Waals surface area contributed by atoms with Crippen LogP contribution in [0.5, 0.6) is 23.0 Å². The average Bonchev–Trinajstić information content (AvgIpc) is 2.84. The number of amides is 1. The first-order valence-electron chi connectivity index (χ1n) is 10.2. The average molecular weight is 484 g/mol. The summed E-state index contributed by atoms with van der Waals surface area (Å²) < 4.78 is 42.8. The lowest BCUT2D eigenvalue weighted by Gasteiger charge is -2.18. The lowest BCUT2D eigenvalue weighted by molar-refractivity contribution is -0.121. The SMILES string of the molecule is COc1ccc(OC)c(S(=O)(=O)N(C)CC(=O)NN=Cc2cccc(Oc3ccccc3)c2)c1. The van der Waals surface area contributed by atoms with Crippen LogP contribution >= 0.6 is 0 Å². The van der Waals surface area contributed by atoms with Crippen molar-refractivity contribution in [1.82, 2.24) is 9.73 Å². The molecule has 0 aliphatic rings. The first kappa shape index (κ1) is 24.7. The highest BCUT2D eigenvalue weighted by Gasteiger charge is 2.27. The fourth-order valence-corrected chi connectivity index (χ4v) is 4.23. The van der Waals surface area contributed by atoms with E-state index in [0.717, 1.165) is 4.31 Å². The zero-order valence-corrected chi connectivity index (χ0v) is 19.8. The molecule has 3 aromatic carbocycles. The number of para-hydroxylation sites is 1. The van der Waals surface area contributed by atoms with Crippen LogP contribution < -0.4 is 19.6 Å². The number of hydrogen-bond acceptors (Lipinski definition) is 7. The Labute approximate surface area is 198 Å². The van der Waals surface area contributed by atoms with Crippen LogP contribution in [0.25, 0.3) is 0 Å². The third-order valence-corrected chi connectivity index (χ3v) is 6.49. The fourth-order valence-electron chi connectivity index (χ4n) is 2.94. The maximum absolute atomic E-state index is 13.0. The van der Waals surface area contributed by atoms with E-state index in [1.165, 1.54) is 39.6 Å². The molecule has 0 fully saturated rings. The summed E-state index contributed by atoms with van der Waals surface area (Å²) in [5.41, 5.74) is 3.02. The Morgan fingerprint density at radius 2 is 1.68 bits per heavy atom. The summed E-state index contributed by atoms with van der Waals surface area (Å²) in [5.74, 6) is 1.19. The number of rotatable bonds is 10. The van der Waals surface area contributed by atoms with Crippen molar-refractivity contribution in [1.29, 1.82) is 0 Å². The number of carbonyl (C=O) groups is 1. The monoisotopic (exact) mass is 483 g/mol. The third kappa shape index (κ3) is 6.33. The van der Waals surface area contributed by atoms with Gasteiger partial charge in [-0.3, -0.25) is 4.79 Å². The number of likely N-dealkylation sites (N-methyl/N-ethyl adjacent to an activating group) is 1. The van der Waals surface area contributed by atoms with Crippen LogP contribution in [0.4, 0.5) is 0 Å². The van der Waals surface area contributed by atoms with Gasteiger partial charge in [0.2, 0.25) is 10.0 Å². The highest BCUT2D eigenvalue weighted by Crippen LogP contribution is 2.30. The van der Waals surface area contributed by atoms with Crippen molar-refractivity contribution in [3.8, 4) is 23.0 Å².